The van der Waals surface area contributed by atoms with Gasteiger partial charge in [-0.15, -0.1) is 5.10 Å². The van der Waals surface area contributed by atoms with Gasteiger partial charge < -0.3 is 9.73 Å². The van der Waals surface area contributed by atoms with Gasteiger partial charge in [0.2, 0.25) is 11.8 Å². The van der Waals surface area contributed by atoms with Crippen LogP contribution < -0.4 is 10.6 Å². The molecule has 1 atom stereocenters. The van der Waals surface area contributed by atoms with E-state index in [1.807, 2.05) is 0 Å². The zero-order valence-electron chi connectivity index (χ0n) is 9.61. The number of nitrogens with zero attached hydrogens (tertiary/aromatic N) is 2. The minimum atomic E-state index is -0.0248. The lowest BCUT2D eigenvalue weighted by Gasteiger charge is -2.20. The fourth-order valence-corrected chi connectivity index (χ4v) is 2.06. The molecule has 2 fully saturated rings. The average molecular weight is 236 g/mol. The maximum absolute atomic E-state index is 11.9. The summed E-state index contributed by atoms with van der Waals surface area (Å²) in [5.74, 6) is 1.06. The predicted molar refractivity (Wildman–Crippen MR) is 60.5 cm³/mol. The van der Waals surface area contributed by atoms with Crippen LogP contribution in [0.1, 0.15) is 37.5 Å². The van der Waals surface area contributed by atoms with Gasteiger partial charge in [0.05, 0.1) is 5.92 Å². The van der Waals surface area contributed by atoms with E-state index in [1.165, 1.54) is 0 Å². The molecule has 0 radical (unpaired) electrons. The van der Waals surface area contributed by atoms with Gasteiger partial charge in [-0.3, -0.25) is 10.1 Å². The predicted octanol–water partition coefficient (Wildman–Crippen LogP) is 0.885. The Bertz CT molecular complexity index is 407. The molecule has 1 aromatic rings. The van der Waals surface area contributed by atoms with Gasteiger partial charge in [0.1, 0.15) is 0 Å². The summed E-state index contributed by atoms with van der Waals surface area (Å²) in [5.41, 5.74) is 0. The van der Waals surface area contributed by atoms with Crippen molar-refractivity contribution < 1.29 is 9.21 Å². The Morgan fingerprint density at radius 1 is 1.35 bits per heavy atom. The Balaban J connectivity index is 1.58. The molecule has 1 saturated heterocycles. The highest BCUT2D eigenvalue weighted by Crippen LogP contribution is 2.39. The molecular formula is C11H16N4O2. The second kappa shape index (κ2) is 4.44. The number of aromatic nitrogens is 2. The summed E-state index contributed by atoms with van der Waals surface area (Å²) < 4.78 is 5.39. The van der Waals surface area contributed by atoms with E-state index in [9.17, 15) is 4.79 Å². The van der Waals surface area contributed by atoms with Crippen LogP contribution in [0.4, 0.5) is 6.01 Å². The number of rotatable bonds is 3. The van der Waals surface area contributed by atoms with Crippen LogP contribution in [0, 0.1) is 5.92 Å². The van der Waals surface area contributed by atoms with Crippen molar-refractivity contribution in [1.82, 2.24) is 15.5 Å². The van der Waals surface area contributed by atoms with Crippen molar-refractivity contribution in [3.63, 3.8) is 0 Å². The Kier molecular flexibility index (Phi) is 2.80. The van der Waals surface area contributed by atoms with E-state index < -0.39 is 0 Å². The van der Waals surface area contributed by atoms with Gasteiger partial charge in [0.15, 0.2) is 0 Å². The first-order valence-corrected chi connectivity index (χ1v) is 6.18. The van der Waals surface area contributed by atoms with Gasteiger partial charge in [-0.05, 0) is 32.2 Å². The first-order valence-electron chi connectivity index (χ1n) is 6.18. The number of hydrogen-bond acceptors (Lipinski definition) is 5. The molecule has 0 spiro atoms. The van der Waals surface area contributed by atoms with Gasteiger partial charge in [0, 0.05) is 12.5 Å². The monoisotopic (exact) mass is 236 g/mol. The molecule has 6 nitrogen and oxygen atoms in total. The van der Waals surface area contributed by atoms with Crippen LogP contribution >= 0.6 is 0 Å². The minimum Gasteiger partial charge on any atom is -0.408 e. The standard InChI is InChI=1S/C11H16N4O2/c16-9(8-2-1-5-12-6-8)13-11-15-14-10(17-11)7-3-4-7/h7-8,12H,1-6H2,(H,13,15,16). The van der Waals surface area contributed by atoms with Gasteiger partial charge in [-0.1, -0.05) is 5.10 Å². The van der Waals surface area contributed by atoms with E-state index in [2.05, 4.69) is 20.8 Å². The van der Waals surface area contributed by atoms with Gasteiger partial charge >= 0.3 is 6.01 Å². The summed E-state index contributed by atoms with van der Waals surface area (Å²) in [4.78, 5) is 11.9. The quantitative estimate of drug-likeness (QED) is 0.814. The number of carbonyl (C=O) groups excluding carboxylic acids is 1. The molecule has 2 heterocycles. The van der Waals surface area contributed by atoms with E-state index in [0.29, 0.717) is 11.8 Å². The molecule has 1 aliphatic heterocycles. The Hall–Kier alpha value is -1.43. The zero-order valence-corrected chi connectivity index (χ0v) is 9.61. The first kappa shape index (κ1) is 10.7. The fraction of sp³-hybridized carbons (Fsp3) is 0.727. The van der Waals surface area contributed by atoms with Crippen molar-refractivity contribution >= 4 is 11.9 Å². The smallest absolute Gasteiger partial charge is 0.322 e. The molecule has 1 amide bonds. The Labute approximate surface area is 99.2 Å². The Morgan fingerprint density at radius 2 is 2.24 bits per heavy atom. The summed E-state index contributed by atoms with van der Waals surface area (Å²) in [6, 6.07) is 0.238. The van der Waals surface area contributed by atoms with Crippen LogP contribution in [0.15, 0.2) is 4.42 Å². The highest BCUT2D eigenvalue weighted by atomic mass is 16.4. The average Bonchev–Trinajstić information content (AvgIpc) is 3.12. The normalized spacial score (nSPS) is 24.6. The maximum atomic E-state index is 11.9. The van der Waals surface area contributed by atoms with E-state index in [1.54, 1.807) is 0 Å². The van der Waals surface area contributed by atoms with Crippen LogP contribution in [0.5, 0.6) is 0 Å². The molecule has 92 valence electrons. The second-order valence-electron chi connectivity index (χ2n) is 4.75. The summed E-state index contributed by atoms with van der Waals surface area (Å²) >= 11 is 0. The summed E-state index contributed by atoms with van der Waals surface area (Å²) in [7, 11) is 0. The first-order chi connectivity index (χ1) is 8.33. The molecule has 17 heavy (non-hydrogen) atoms. The van der Waals surface area contributed by atoms with E-state index in [4.69, 9.17) is 4.42 Å². The molecular weight excluding hydrogens is 220 g/mol. The lowest BCUT2D eigenvalue weighted by Crippen LogP contribution is -2.37. The van der Waals surface area contributed by atoms with Crippen molar-refractivity contribution in [2.45, 2.75) is 31.6 Å². The van der Waals surface area contributed by atoms with Crippen molar-refractivity contribution in [3.8, 4) is 0 Å². The number of piperidine rings is 1. The number of nitrogens with one attached hydrogen (secondary N) is 2. The topological polar surface area (TPSA) is 80.1 Å². The van der Waals surface area contributed by atoms with Crippen LogP contribution in [0.25, 0.3) is 0 Å². The number of amides is 1. The van der Waals surface area contributed by atoms with Crippen molar-refractivity contribution in [2.24, 2.45) is 5.92 Å². The van der Waals surface area contributed by atoms with E-state index >= 15 is 0 Å². The van der Waals surface area contributed by atoms with Crippen molar-refractivity contribution in [3.05, 3.63) is 5.89 Å². The lowest BCUT2D eigenvalue weighted by molar-refractivity contribution is -0.120. The molecule has 2 aliphatic rings. The third-order valence-corrected chi connectivity index (χ3v) is 3.27. The molecule has 1 aromatic heterocycles. The van der Waals surface area contributed by atoms with Gasteiger partial charge in [0.25, 0.3) is 0 Å². The number of anilines is 1. The minimum absolute atomic E-state index is 0.0139. The fourth-order valence-electron chi connectivity index (χ4n) is 2.06. The number of hydrogen-bond donors (Lipinski definition) is 2. The van der Waals surface area contributed by atoms with Gasteiger partial charge in [-0.25, -0.2) is 0 Å². The van der Waals surface area contributed by atoms with E-state index in [0.717, 1.165) is 38.8 Å². The Morgan fingerprint density at radius 3 is 2.94 bits per heavy atom. The molecule has 1 unspecified atom stereocenters. The van der Waals surface area contributed by atoms with Crippen LogP contribution in [0.2, 0.25) is 0 Å². The number of carbonyl (C=O) groups is 1. The van der Waals surface area contributed by atoms with Crippen molar-refractivity contribution in [2.75, 3.05) is 18.4 Å². The van der Waals surface area contributed by atoms with Crippen LogP contribution in [-0.4, -0.2) is 29.2 Å². The van der Waals surface area contributed by atoms with Crippen molar-refractivity contribution in [1.29, 1.82) is 0 Å². The molecule has 3 rings (SSSR count). The van der Waals surface area contributed by atoms with Crippen LogP contribution in [0.3, 0.4) is 0 Å². The SMILES string of the molecule is O=C(Nc1nnc(C2CC2)o1)C1CCCNC1. The summed E-state index contributed by atoms with van der Waals surface area (Å²) in [5, 5.41) is 13.7. The highest BCUT2D eigenvalue weighted by molar-refractivity contribution is 5.90. The van der Waals surface area contributed by atoms with E-state index in [-0.39, 0.29) is 17.8 Å². The maximum Gasteiger partial charge on any atom is 0.322 e. The van der Waals surface area contributed by atoms with Crippen LogP contribution in [-0.2, 0) is 4.79 Å². The van der Waals surface area contributed by atoms with Gasteiger partial charge in [-0.2, -0.15) is 0 Å². The molecule has 6 heteroatoms. The third kappa shape index (κ3) is 2.46. The molecule has 0 aromatic carbocycles. The molecule has 0 bridgehead atoms. The molecule has 2 N–H and O–H groups in total. The summed E-state index contributed by atoms with van der Waals surface area (Å²) in [6.45, 7) is 1.73. The molecule has 1 saturated carbocycles. The summed E-state index contributed by atoms with van der Waals surface area (Å²) in [6.07, 6.45) is 4.18. The largest absolute Gasteiger partial charge is 0.408 e. The lowest BCUT2D eigenvalue weighted by atomic mass is 9.99. The molecule has 1 aliphatic carbocycles. The third-order valence-electron chi connectivity index (χ3n) is 3.27. The zero-order chi connectivity index (χ0) is 11.7. The highest BCUT2D eigenvalue weighted by Gasteiger charge is 2.30. The second-order valence-corrected chi connectivity index (χ2v) is 4.75.